The maximum absolute atomic E-state index is 13.0. The molecule has 0 aromatic heterocycles. The van der Waals surface area contributed by atoms with Gasteiger partial charge in [0.15, 0.2) is 11.5 Å². The standard InChI is InChI=1S/C22H21N3O3S/c1-14-3-6-16(7-4-14)24-12-25-21(27)10-17(18(11-23)22(25)29-13-24)15-5-8-19(26)20(9-15)28-2/h3-9,17,26H,10,12-13H2,1-2H3. The number of aromatic hydroxyl groups is 1. The summed E-state index contributed by atoms with van der Waals surface area (Å²) in [7, 11) is 1.48. The molecule has 1 saturated heterocycles. The number of methoxy groups -OCH3 is 1. The molecule has 1 fully saturated rings. The van der Waals surface area contributed by atoms with Gasteiger partial charge in [-0.25, -0.2) is 0 Å². The number of ether oxygens (including phenoxy) is 1. The predicted molar refractivity (Wildman–Crippen MR) is 112 cm³/mol. The number of fused-ring (bicyclic) bond motifs is 1. The van der Waals surface area contributed by atoms with Crippen molar-refractivity contribution in [3.05, 3.63) is 64.2 Å². The van der Waals surface area contributed by atoms with E-state index in [1.165, 1.54) is 30.5 Å². The SMILES string of the molecule is COc1cc(C2CC(=O)N3CN(c4ccc(C)cc4)CSC3=C2C#N)ccc1O. The zero-order valence-corrected chi connectivity index (χ0v) is 17.1. The Hall–Kier alpha value is -3.11. The molecular formula is C22H21N3O3S. The number of nitrogens with zero attached hydrogens (tertiary/aromatic N) is 3. The first-order valence-electron chi connectivity index (χ1n) is 9.27. The molecule has 2 heterocycles. The fourth-order valence-corrected chi connectivity index (χ4v) is 4.84. The first-order chi connectivity index (χ1) is 14.0. The van der Waals surface area contributed by atoms with E-state index in [-0.39, 0.29) is 24.0 Å². The van der Waals surface area contributed by atoms with E-state index in [0.29, 0.717) is 23.9 Å². The number of hydrogen-bond acceptors (Lipinski definition) is 6. The minimum atomic E-state index is -0.341. The molecule has 29 heavy (non-hydrogen) atoms. The largest absolute Gasteiger partial charge is 0.504 e. The maximum atomic E-state index is 13.0. The molecule has 4 rings (SSSR count). The Balaban J connectivity index is 1.66. The molecule has 2 aromatic carbocycles. The molecule has 2 aromatic rings. The van der Waals surface area contributed by atoms with Crippen LogP contribution in [-0.4, -0.2) is 35.6 Å². The molecule has 1 amide bonds. The van der Waals surface area contributed by atoms with Gasteiger partial charge in [-0.2, -0.15) is 5.26 Å². The van der Waals surface area contributed by atoms with E-state index >= 15 is 0 Å². The van der Waals surface area contributed by atoms with Crippen molar-refractivity contribution in [1.29, 1.82) is 5.26 Å². The summed E-state index contributed by atoms with van der Waals surface area (Å²) in [5.74, 6) is 0.680. The molecule has 1 unspecified atom stereocenters. The average Bonchev–Trinajstić information content (AvgIpc) is 2.74. The quantitative estimate of drug-likeness (QED) is 0.831. The van der Waals surface area contributed by atoms with Crippen LogP contribution in [0.15, 0.2) is 53.1 Å². The third-order valence-corrected chi connectivity index (χ3v) is 6.45. The number of aryl methyl sites for hydroxylation is 1. The number of anilines is 1. The normalized spacial score (nSPS) is 19.1. The van der Waals surface area contributed by atoms with Crippen LogP contribution in [0.25, 0.3) is 0 Å². The van der Waals surface area contributed by atoms with Gasteiger partial charge in [-0.1, -0.05) is 35.5 Å². The summed E-state index contributed by atoms with van der Waals surface area (Å²) in [4.78, 5) is 16.8. The first-order valence-corrected chi connectivity index (χ1v) is 10.3. The number of hydrogen-bond donors (Lipinski definition) is 1. The fourth-order valence-electron chi connectivity index (χ4n) is 3.68. The molecule has 1 N–H and O–H groups in total. The molecular weight excluding hydrogens is 386 g/mol. The van der Waals surface area contributed by atoms with Gasteiger partial charge >= 0.3 is 0 Å². The lowest BCUT2D eigenvalue weighted by Crippen LogP contribution is -2.47. The van der Waals surface area contributed by atoms with Crippen LogP contribution in [0.4, 0.5) is 5.69 Å². The zero-order chi connectivity index (χ0) is 20.5. The van der Waals surface area contributed by atoms with Crippen molar-refractivity contribution in [1.82, 2.24) is 4.90 Å². The Labute approximate surface area is 174 Å². The molecule has 0 radical (unpaired) electrons. The monoisotopic (exact) mass is 407 g/mol. The van der Waals surface area contributed by atoms with Crippen LogP contribution in [0.1, 0.15) is 23.5 Å². The van der Waals surface area contributed by atoms with Crippen LogP contribution in [0.3, 0.4) is 0 Å². The number of carbonyl (C=O) groups excluding carboxylic acids is 1. The van der Waals surface area contributed by atoms with Crippen LogP contribution < -0.4 is 9.64 Å². The van der Waals surface area contributed by atoms with Gasteiger partial charge in [0.1, 0.15) is 0 Å². The van der Waals surface area contributed by atoms with E-state index in [2.05, 4.69) is 35.2 Å². The Morgan fingerprint density at radius 3 is 2.69 bits per heavy atom. The zero-order valence-electron chi connectivity index (χ0n) is 16.3. The van der Waals surface area contributed by atoms with Crippen molar-refractivity contribution >= 4 is 23.4 Å². The molecule has 7 heteroatoms. The van der Waals surface area contributed by atoms with Gasteiger partial charge in [0.2, 0.25) is 5.91 Å². The van der Waals surface area contributed by atoms with Crippen LogP contribution in [0.5, 0.6) is 11.5 Å². The van der Waals surface area contributed by atoms with E-state index in [9.17, 15) is 15.2 Å². The molecule has 2 aliphatic heterocycles. The fraction of sp³-hybridized carbons (Fsp3) is 0.273. The average molecular weight is 407 g/mol. The highest BCUT2D eigenvalue weighted by atomic mass is 32.2. The second-order valence-electron chi connectivity index (χ2n) is 7.13. The number of phenolic OH excluding ortho intramolecular Hbond substituents is 1. The molecule has 1 atom stereocenters. The van der Waals surface area contributed by atoms with Crippen molar-refractivity contribution in [3.63, 3.8) is 0 Å². The highest BCUT2D eigenvalue weighted by molar-refractivity contribution is 8.03. The molecule has 0 aliphatic carbocycles. The summed E-state index contributed by atoms with van der Waals surface area (Å²) in [5, 5.41) is 20.5. The van der Waals surface area contributed by atoms with Crippen molar-refractivity contribution in [2.24, 2.45) is 0 Å². The summed E-state index contributed by atoms with van der Waals surface area (Å²) in [5.41, 5.74) is 3.62. The first kappa shape index (κ1) is 19.2. The maximum Gasteiger partial charge on any atom is 0.229 e. The van der Waals surface area contributed by atoms with Crippen molar-refractivity contribution in [2.75, 3.05) is 24.6 Å². The van der Waals surface area contributed by atoms with Crippen molar-refractivity contribution in [3.8, 4) is 17.6 Å². The molecule has 148 valence electrons. The minimum absolute atomic E-state index is 0.0136. The van der Waals surface area contributed by atoms with Crippen LogP contribution >= 0.6 is 11.8 Å². The van der Waals surface area contributed by atoms with Crippen molar-refractivity contribution < 1.29 is 14.6 Å². The van der Waals surface area contributed by atoms with Gasteiger partial charge in [-0.3, -0.25) is 9.69 Å². The smallest absolute Gasteiger partial charge is 0.229 e. The van der Waals surface area contributed by atoms with Crippen molar-refractivity contribution in [2.45, 2.75) is 19.3 Å². The van der Waals surface area contributed by atoms with E-state index in [4.69, 9.17) is 4.74 Å². The minimum Gasteiger partial charge on any atom is -0.504 e. The summed E-state index contributed by atoms with van der Waals surface area (Å²) in [6.07, 6.45) is 0.211. The number of amides is 1. The molecule has 0 saturated carbocycles. The van der Waals surface area contributed by atoms with E-state index in [1.54, 1.807) is 17.0 Å². The van der Waals surface area contributed by atoms with Gasteiger partial charge in [-0.15, -0.1) is 0 Å². The van der Waals surface area contributed by atoms with Gasteiger partial charge in [0.25, 0.3) is 0 Å². The number of benzene rings is 2. The lowest BCUT2D eigenvalue weighted by atomic mass is 9.86. The summed E-state index contributed by atoms with van der Waals surface area (Å²) in [6.45, 7) is 2.47. The predicted octanol–water partition coefficient (Wildman–Crippen LogP) is 3.93. The van der Waals surface area contributed by atoms with Gasteiger partial charge in [-0.05, 0) is 36.8 Å². The Morgan fingerprint density at radius 1 is 1.24 bits per heavy atom. The highest BCUT2D eigenvalue weighted by Gasteiger charge is 2.38. The highest BCUT2D eigenvalue weighted by Crippen LogP contribution is 2.44. The second kappa shape index (κ2) is 7.72. The van der Waals surface area contributed by atoms with Gasteiger partial charge in [0.05, 0.1) is 36.3 Å². The molecule has 0 spiro atoms. The number of nitriles is 1. The number of rotatable bonds is 3. The molecule has 0 bridgehead atoms. The topological polar surface area (TPSA) is 76.8 Å². The number of allylic oxidation sites excluding steroid dienone is 1. The Bertz CT molecular complexity index is 1030. The Kier molecular flexibility index (Phi) is 5.12. The van der Waals surface area contributed by atoms with Crippen LogP contribution in [-0.2, 0) is 4.79 Å². The molecule has 6 nitrogen and oxygen atoms in total. The number of carbonyl (C=O) groups is 1. The summed E-state index contributed by atoms with van der Waals surface area (Å²) in [6, 6.07) is 15.5. The van der Waals surface area contributed by atoms with Crippen LogP contribution in [0, 0.1) is 18.3 Å². The number of thioether (sulfide) groups is 1. The summed E-state index contributed by atoms with van der Waals surface area (Å²) < 4.78 is 5.19. The van der Waals surface area contributed by atoms with Crippen LogP contribution in [0.2, 0.25) is 0 Å². The lowest BCUT2D eigenvalue weighted by Gasteiger charge is -2.42. The third-order valence-electron chi connectivity index (χ3n) is 5.30. The van der Waals surface area contributed by atoms with Gasteiger partial charge in [0, 0.05) is 18.0 Å². The second-order valence-corrected chi connectivity index (χ2v) is 8.06. The Morgan fingerprint density at radius 2 is 2.00 bits per heavy atom. The summed E-state index contributed by atoms with van der Waals surface area (Å²) >= 11 is 1.51. The molecule has 2 aliphatic rings. The van der Waals surface area contributed by atoms with Gasteiger partial charge < -0.3 is 14.7 Å². The van der Waals surface area contributed by atoms with E-state index in [0.717, 1.165) is 16.3 Å². The van der Waals surface area contributed by atoms with E-state index < -0.39 is 0 Å². The number of phenols is 1. The third kappa shape index (κ3) is 3.52. The van der Waals surface area contributed by atoms with E-state index in [1.807, 2.05) is 6.92 Å². The lowest BCUT2D eigenvalue weighted by molar-refractivity contribution is -0.129.